The second-order valence-corrected chi connectivity index (χ2v) is 5.86. The summed E-state index contributed by atoms with van der Waals surface area (Å²) in [5, 5.41) is 0. The molecule has 18 heavy (non-hydrogen) atoms. The Morgan fingerprint density at radius 3 is 1.33 bits per heavy atom. The van der Waals surface area contributed by atoms with E-state index in [4.69, 9.17) is 0 Å². The Hall–Kier alpha value is 1.00. The van der Waals surface area contributed by atoms with Gasteiger partial charge in [-0.1, -0.05) is 104 Å². The van der Waals surface area contributed by atoms with Crippen LogP contribution in [0.5, 0.6) is 0 Å². The number of hydrogen-bond acceptors (Lipinski definition) is 0. The van der Waals surface area contributed by atoms with Gasteiger partial charge in [0.15, 0.2) is 0 Å². The topological polar surface area (TPSA) is 0 Å². The summed E-state index contributed by atoms with van der Waals surface area (Å²) in [7, 11) is 0. The summed E-state index contributed by atoms with van der Waals surface area (Å²) in [4.78, 5) is 0. The molecule has 0 saturated carbocycles. The maximum absolute atomic E-state index is 2.45. The summed E-state index contributed by atoms with van der Waals surface area (Å²) in [6, 6.07) is 0. The molecule has 1 unspecified atom stereocenters. The van der Waals surface area contributed by atoms with Crippen molar-refractivity contribution in [1.82, 2.24) is 0 Å². The average Bonchev–Trinajstić information content (AvgIpc) is 2.33. The largest absolute Gasteiger partial charge is 1.00 e. The Morgan fingerprint density at radius 1 is 0.611 bits per heavy atom. The summed E-state index contributed by atoms with van der Waals surface area (Å²) in [5.41, 5.74) is 0. The van der Waals surface area contributed by atoms with Crippen LogP contribution in [-0.4, -0.2) is 0 Å². The van der Waals surface area contributed by atoms with Crippen molar-refractivity contribution in [3.05, 3.63) is 0 Å². The van der Waals surface area contributed by atoms with E-state index in [2.05, 4.69) is 20.8 Å². The Labute approximate surface area is 140 Å². The van der Waals surface area contributed by atoms with Crippen molar-refractivity contribution < 1.29 is 31.0 Å². The first-order valence-electron chi connectivity index (χ1n) is 8.31. The molecule has 0 aromatic carbocycles. The predicted molar refractivity (Wildman–Crippen MR) is 81.6 cm³/mol. The fourth-order valence-corrected chi connectivity index (χ4v) is 2.51. The van der Waals surface area contributed by atoms with Gasteiger partial charge in [0.2, 0.25) is 0 Å². The molecular weight excluding hydrogens is 227 g/mol. The standard InChI is InChI=1S/C17H36.Na.H/c1-4-6-8-10-12-14-16-17(3)15-13-11-9-7-5-2;;/h17H,4-16H2,1-3H3;;/q;+1;-1. The van der Waals surface area contributed by atoms with Crippen molar-refractivity contribution in [3.8, 4) is 0 Å². The zero-order valence-corrected chi connectivity index (χ0v) is 15.8. The predicted octanol–water partition coefficient (Wildman–Crippen LogP) is 3.85. The van der Waals surface area contributed by atoms with E-state index in [1.165, 1.54) is 83.5 Å². The number of rotatable bonds is 13. The van der Waals surface area contributed by atoms with Crippen LogP contribution < -0.4 is 29.6 Å². The normalized spacial score (nSPS) is 12.2. The van der Waals surface area contributed by atoms with Crippen LogP contribution in [0.4, 0.5) is 0 Å². The summed E-state index contributed by atoms with van der Waals surface area (Å²) >= 11 is 0. The van der Waals surface area contributed by atoms with Crippen LogP contribution in [0.2, 0.25) is 0 Å². The molecule has 0 rings (SSSR count). The number of hydrogen-bond donors (Lipinski definition) is 0. The van der Waals surface area contributed by atoms with E-state index in [1.54, 1.807) is 0 Å². The van der Waals surface area contributed by atoms with Gasteiger partial charge >= 0.3 is 29.6 Å². The molecule has 0 aliphatic rings. The molecule has 0 N–H and O–H groups in total. The molecule has 0 amide bonds. The quantitative estimate of drug-likeness (QED) is 0.350. The molecule has 0 bridgehead atoms. The Morgan fingerprint density at radius 2 is 0.944 bits per heavy atom. The zero-order valence-electron chi connectivity index (χ0n) is 14.8. The van der Waals surface area contributed by atoms with Gasteiger partial charge < -0.3 is 1.43 Å². The summed E-state index contributed by atoms with van der Waals surface area (Å²) in [6.45, 7) is 7.04. The molecule has 0 aromatic rings. The molecule has 1 atom stereocenters. The smallest absolute Gasteiger partial charge is 1.00 e. The summed E-state index contributed by atoms with van der Waals surface area (Å²) in [5.74, 6) is 0.975. The molecular formula is C17H37Na. The molecule has 0 nitrogen and oxygen atoms in total. The van der Waals surface area contributed by atoms with Crippen molar-refractivity contribution in [2.24, 2.45) is 5.92 Å². The minimum atomic E-state index is 0. The summed E-state index contributed by atoms with van der Waals surface area (Å²) in [6.07, 6.45) is 18.8. The third kappa shape index (κ3) is 17.0. The van der Waals surface area contributed by atoms with E-state index in [9.17, 15) is 0 Å². The van der Waals surface area contributed by atoms with Gasteiger partial charge in [-0.15, -0.1) is 0 Å². The van der Waals surface area contributed by atoms with Crippen molar-refractivity contribution in [2.75, 3.05) is 0 Å². The summed E-state index contributed by atoms with van der Waals surface area (Å²) < 4.78 is 0. The third-order valence-electron chi connectivity index (χ3n) is 3.85. The fourth-order valence-electron chi connectivity index (χ4n) is 2.51. The van der Waals surface area contributed by atoms with Gasteiger partial charge in [0.05, 0.1) is 0 Å². The SMILES string of the molecule is CCCCCCCCC(C)CCCCCCC.[H-].[Na+]. The monoisotopic (exact) mass is 264 g/mol. The molecule has 0 spiro atoms. The Kier molecular flexibility index (Phi) is 21.3. The van der Waals surface area contributed by atoms with E-state index < -0.39 is 0 Å². The minimum Gasteiger partial charge on any atom is -1.00 e. The molecule has 0 aromatic heterocycles. The van der Waals surface area contributed by atoms with E-state index >= 15 is 0 Å². The maximum Gasteiger partial charge on any atom is 1.00 e. The van der Waals surface area contributed by atoms with E-state index in [0.29, 0.717) is 0 Å². The minimum absolute atomic E-state index is 0. The van der Waals surface area contributed by atoms with Gasteiger partial charge in [-0.25, -0.2) is 0 Å². The molecule has 0 radical (unpaired) electrons. The first kappa shape index (κ1) is 21.3. The van der Waals surface area contributed by atoms with E-state index in [-0.39, 0.29) is 31.0 Å². The van der Waals surface area contributed by atoms with E-state index in [0.717, 1.165) is 5.92 Å². The zero-order chi connectivity index (χ0) is 12.8. The van der Waals surface area contributed by atoms with Gasteiger partial charge in [-0.05, 0) is 5.92 Å². The molecule has 106 valence electrons. The van der Waals surface area contributed by atoms with Crippen LogP contribution in [0, 0.1) is 5.92 Å². The third-order valence-corrected chi connectivity index (χ3v) is 3.85. The molecule has 1 heteroatoms. The van der Waals surface area contributed by atoms with Gasteiger partial charge in [-0.3, -0.25) is 0 Å². The van der Waals surface area contributed by atoms with Gasteiger partial charge in [0, 0.05) is 0 Å². The van der Waals surface area contributed by atoms with Gasteiger partial charge in [-0.2, -0.15) is 0 Å². The van der Waals surface area contributed by atoms with Gasteiger partial charge in [0.1, 0.15) is 0 Å². The van der Waals surface area contributed by atoms with Crippen molar-refractivity contribution in [3.63, 3.8) is 0 Å². The van der Waals surface area contributed by atoms with Crippen LogP contribution in [0.25, 0.3) is 0 Å². The molecule has 0 aliphatic carbocycles. The molecule has 0 saturated heterocycles. The maximum atomic E-state index is 2.45. The second kappa shape index (κ2) is 18.0. The Balaban J connectivity index is -0.00000128. The fraction of sp³-hybridized carbons (Fsp3) is 1.00. The second-order valence-electron chi connectivity index (χ2n) is 5.86. The van der Waals surface area contributed by atoms with Crippen LogP contribution in [0.3, 0.4) is 0 Å². The van der Waals surface area contributed by atoms with Crippen molar-refractivity contribution in [2.45, 2.75) is 104 Å². The average molecular weight is 264 g/mol. The van der Waals surface area contributed by atoms with Crippen molar-refractivity contribution in [1.29, 1.82) is 0 Å². The van der Waals surface area contributed by atoms with Crippen LogP contribution in [0.1, 0.15) is 106 Å². The molecule has 0 aliphatic heterocycles. The van der Waals surface area contributed by atoms with Crippen molar-refractivity contribution >= 4 is 0 Å². The Bertz CT molecular complexity index is 139. The van der Waals surface area contributed by atoms with Crippen LogP contribution >= 0.6 is 0 Å². The molecule has 0 fully saturated rings. The van der Waals surface area contributed by atoms with Crippen LogP contribution in [0.15, 0.2) is 0 Å². The first-order chi connectivity index (χ1) is 8.31. The van der Waals surface area contributed by atoms with E-state index in [1.807, 2.05) is 0 Å². The first-order valence-corrected chi connectivity index (χ1v) is 8.31. The molecule has 0 heterocycles. The van der Waals surface area contributed by atoms with Crippen LogP contribution in [-0.2, 0) is 0 Å². The number of unbranched alkanes of at least 4 members (excludes halogenated alkanes) is 9. The van der Waals surface area contributed by atoms with Gasteiger partial charge in [0.25, 0.3) is 0 Å².